The minimum Gasteiger partial charge on any atom is -0.443 e. The summed E-state index contributed by atoms with van der Waals surface area (Å²) in [6.07, 6.45) is 1.49. The number of nitrogens with zero attached hydrogens (tertiary/aromatic N) is 2. The number of hydrogen-bond donors (Lipinski definition) is 0. The van der Waals surface area contributed by atoms with Crippen molar-refractivity contribution < 1.29 is 4.42 Å². The molecule has 0 aliphatic heterocycles. The number of benzene rings is 3. The minimum absolute atomic E-state index is 0.810. The molecule has 0 saturated carbocycles. The molecule has 104 valence electrons. The average molecular weight is 284 g/mol. The van der Waals surface area contributed by atoms with Crippen LogP contribution in [0.1, 0.15) is 0 Å². The molecule has 22 heavy (non-hydrogen) atoms. The molecule has 0 radical (unpaired) electrons. The maximum Gasteiger partial charge on any atom is 0.181 e. The molecule has 0 aliphatic rings. The first kappa shape index (κ1) is 11.6. The van der Waals surface area contributed by atoms with Gasteiger partial charge in [0, 0.05) is 16.5 Å². The SMILES string of the molecule is c1ccc2c(c1)c1ccccc1n2-c1ccc2ocnc2c1. The minimum atomic E-state index is 0.810. The van der Waals surface area contributed by atoms with Crippen LogP contribution in [0, 0.1) is 0 Å². The smallest absolute Gasteiger partial charge is 0.181 e. The quantitative estimate of drug-likeness (QED) is 0.437. The normalized spacial score (nSPS) is 11.6. The van der Waals surface area contributed by atoms with Crippen LogP contribution in [0.15, 0.2) is 77.5 Å². The van der Waals surface area contributed by atoms with Crippen LogP contribution >= 0.6 is 0 Å². The Bertz CT molecular complexity index is 1080. The van der Waals surface area contributed by atoms with Gasteiger partial charge < -0.3 is 8.98 Å². The van der Waals surface area contributed by atoms with Crippen molar-refractivity contribution in [1.82, 2.24) is 9.55 Å². The van der Waals surface area contributed by atoms with Crippen LogP contribution < -0.4 is 0 Å². The molecule has 2 aromatic heterocycles. The highest BCUT2D eigenvalue weighted by molar-refractivity contribution is 6.09. The molecule has 0 fully saturated rings. The summed E-state index contributed by atoms with van der Waals surface area (Å²) in [6.45, 7) is 0. The van der Waals surface area contributed by atoms with Crippen molar-refractivity contribution in [3.63, 3.8) is 0 Å². The summed E-state index contributed by atoms with van der Waals surface area (Å²) in [5.74, 6) is 0. The number of rotatable bonds is 1. The van der Waals surface area contributed by atoms with Crippen LogP contribution in [0.3, 0.4) is 0 Å². The fourth-order valence-corrected chi connectivity index (χ4v) is 3.19. The van der Waals surface area contributed by atoms with E-state index in [1.165, 1.54) is 28.2 Å². The Morgan fingerprint density at radius 3 is 2.18 bits per heavy atom. The van der Waals surface area contributed by atoms with Gasteiger partial charge in [0.25, 0.3) is 0 Å². The molecule has 3 nitrogen and oxygen atoms in total. The number of hydrogen-bond acceptors (Lipinski definition) is 2. The van der Waals surface area contributed by atoms with E-state index in [-0.39, 0.29) is 0 Å². The van der Waals surface area contributed by atoms with Gasteiger partial charge >= 0.3 is 0 Å². The van der Waals surface area contributed by atoms with Gasteiger partial charge in [-0.3, -0.25) is 0 Å². The number of para-hydroxylation sites is 2. The molecule has 0 spiro atoms. The maximum atomic E-state index is 5.34. The molecular weight excluding hydrogens is 272 g/mol. The van der Waals surface area contributed by atoms with Gasteiger partial charge in [-0.1, -0.05) is 36.4 Å². The molecule has 5 aromatic rings. The highest BCUT2D eigenvalue weighted by atomic mass is 16.3. The van der Waals surface area contributed by atoms with E-state index < -0.39 is 0 Å². The predicted octanol–water partition coefficient (Wildman–Crippen LogP) is 4.92. The number of fused-ring (bicyclic) bond motifs is 4. The van der Waals surface area contributed by atoms with E-state index >= 15 is 0 Å². The first-order valence-corrected chi connectivity index (χ1v) is 7.24. The fourth-order valence-electron chi connectivity index (χ4n) is 3.19. The van der Waals surface area contributed by atoms with Gasteiger partial charge in [-0.05, 0) is 30.3 Å². The zero-order valence-electron chi connectivity index (χ0n) is 11.7. The number of aromatic nitrogens is 2. The largest absolute Gasteiger partial charge is 0.443 e. The molecule has 0 aliphatic carbocycles. The number of oxazole rings is 1. The van der Waals surface area contributed by atoms with Crippen LogP contribution in [-0.4, -0.2) is 9.55 Å². The summed E-state index contributed by atoms with van der Waals surface area (Å²) < 4.78 is 7.62. The molecule has 3 aromatic carbocycles. The molecule has 0 saturated heterocycles. The van der Waals surface area contributed by atoms with Crippen molar-refractivity contribution in [3.8, 4) is 5.69 Å². The summed E-state index contributed by atoms with van der Waals surface area (Å²) in [6, 6.07) is 23.1. The van der Waals surface area contributed by atoms with Crippen LogP contribution in [0.25, 0.3) is 38.6 Å². The topological polar surface area (TPSA) is 31.0 Å². The predicted molar refractivity (Wildman–Crippen MR) is 88.3 cm³/mol. The first-order chi connectivity index (χ1) is 10.9. The van der Waals surface area contributed by atoms with Crippen molar-refractivity contribution in [3.05, 3.63) is 73.1 Å². The summed E-state index contributed by atoms with van der Waals surface area (Å²) >= 11 is 0. The van der Waals surface area contributed by atoms with Crippen molar-refractivity contribution in [2.75, 3.05) is 0 Å². The molecule has 0 amide bonds. The highest BCUT2D eigenvalue weighted by Gasteiger charge is 2.12. The molecular formula is C19H12N2O. The van der Waals surface area contributed by atoms with Gasteiger partial charge in [0.2, 0.25) is 0 Å². The Morgan fingerprint density at radius 2 is 1.45 bits per heavy atom. The third-order valence-electron chi connectivity index (χ3n) is 4.15. The molecule has 3 heteroatoms. The van der Waals surface area contributed by atoms with E-state index in [0.717, 1.165) is 16.8 Å². The summed E-state index contributed by atoms with van der Waals surface area (Å²) in [5, 5.41) is 2.52. The third-order valence-corrected chi connectivity index (χ3v) is 4.15. The van der Waals surface area contributed by atoms with Crippen LogP contribution in [0.5, 0.6) is 0 Å². The van der Waals surface area contributed by atoms with Crippen molar-refractivity contribution >= 4 is 32.9 Å². The maximum absolute atomic E-state index is 5.34. The highest BCUT2D eigenvalue weighted by Crippen LogP contribution is 2.32. The lowest BCUT2D eigenvalue weighted by atomic mass is 10.2. The van der Waals surface area contributed by atoms with Gasteiger partial charge in [0.1, 0.15) is 5.52 Å². The lowest BCUT2D eigenvalue weighted by Gasteiger charge is -2.07. The van der Waals surface area contributed by atoms with Crippen LogP contribution in [0.4, 0.5) is 0 Å². The van der Waals surface area contributed by atoms with Gasteiger partial charge in [-0.15, -0.1) is 0 Å². The van der Waals surface area contributed by atoms with Crippen molar-refractivity contribution in [1.29, 1.82) is 0 Å². The first-order valence-electron chi connectivity index (χ1n) is 7.24. The van der Waals surface area contributed by atoms with E-state index in [0.29, 0.717) is 0 Å². The molecule has 0 N–H and O–H groups in total. The third kappa shape index (κ3) is 1.48. The fraction of sp³-hybridized carbons (Fsp3) is 0. The Morgan fingerprint density at radius 1 is 0.773 bits per heavy atom. The van der Waals surface area contributed by atoms with E-state index in [1.54, 1.807) is 0 Å². The van der Waals surface area contributed by atoms with E-state index in [1.807, 2.05) is 6.07 Å². The Labute approximate surface area is 126 Å². The van der Waals surface area contributed by atoms with Gasteiger partial charge in [0.15, 0.2) is 12.0 Å². The molecule has 2 heterocycles. The molecule has 5 rings (SSSR count). The Hall–Kier alpha value is -3.07. The van der Waals surface area contributed by atoms with Gasteiger partial charge in [-0.2, -0.15) is 0 Å². The summed E-state index contributed by atoms with van der Waals surface area (Å²) in [7, 11) is 0. The lowest BCUT2D eigenvalue weighted by Crippen LogP contribution is -1.93. The summed E-state index contributed by atoms with van der Waals surface area (Å²) in [4.78, 5) is 4.27. The lowest BCUT2D eigenvalue weighted by molar-refractivity contribution is 0.602. The van der Waals surface area contributed by atoms with Gasteiger partial charge in [0.05, 0.1) is 11.0 Å². The van der Waals surface area contributed by atoms with E-state index in [4.69, 9.17) is 4.42 Å². The van der Waals surface area contributed by atoms with Crippen LogP contribution in [-0.2, 0) is 0 Å². The second-order valence-electron chi connectivity index (χ2n) is 5.37. The van der Waals surface area contributed by atoms with E-state index in [2.05, 4.69) is 70.2 Å². The standard InChI is InChI=1S/C19H12N2O/c1-3-7-17-14(5-1)15-6-2-4-8-18(15)21(17)13-9-10-19-16(11-13)20-12-22-19/h1-12H. The Balaban J connectivity index is 1.96. The second kappa shape index (κ2) is 4.21. The van der Waals surface area contributed by atoms with Crippen molar-refractivity contribution in [2.24, 2.45) is 0 Å². The monoisotopic (exact) mass is 284 g/mol. The zero-order chi connectivity index (χ0) is 14.5. The molecule has 0 unspecified atom stereocenters. The van der Waals surface area contributed by atoms with Crippen LogP contribution in [0.2, 0.25) is 0 Å². The zero-order valence-corrected chi connectivity index (χ0v) is 11.7. The summed E-state index contributed by atoms with van der Waals surface area (Å²) in [5.41, 5.74) is 5.18. The van der Waals surface area contributed by atoms with Crippen molar-refractivity contribution in [2.45, 2.75) is 0 Å². The average Bonchev–Trinajstić information content (AvgIpc) is 3.16. The molecule has 0 atom stereocenters. The van der Waals surface area contributed by atoms with E-state index in [9.17, 15) is 0 Å². The molecule has 0 bridgehead atoms. The second-order valence-corrected chi connectivity index (χ2v) is 5.37. The van der Waals surface area contributed by atoms with Gasteiger partial charge in [-0.25, -0.2) is 4.98 Å². The Kier molecular flexibility index (Phi) is 2.22.